The smallest absolute Gasteiger partial charge is 0.115 e. The number of hydrogen-bond acceptors (Lipinski definition) is 2. The zero-order valence-corrected chi connectivity index (χ0v) is 15.1. The third-order valence-corrected chi connectivity index (χ3v) is 5.24. The number of hydrogen-bond donors (Lipinski definition) is 2. The normalized spacial score (nSPS) is 11.1. The molecule has 0 fully saturated rings. The summed E-state index contributed by atoms with van der Waals surface area (Å²) in [6.07, 6.45) is 0. The van der Waals surface area contributed by atoms with Gasteiger partial charge in [-0.2, -0.15) is 0 Å². The summed E-state index contributed by atoms with van der Waals surface area (Å²) in [7, 11) is 0. The minimum atomic E-state index is 0.262. The molecule has 0 saturated carbocycles. The van der Waals surface area contributed by atoms with Crippen molar-refractivity contribution in [1.29, 1.82) is 0 Å². The summed E-state index contributed by atoms with van der Waals surface area (Å²) >= 11 is 0. The molecule has 0 aliphatic heterocycles. The Morgan fingerprint density at radius 1 is 0.464 bits per heavy atom. The van der Waals surface area contributed by atoms with Crippen LogP contribution in [0.3, 0.4) is 0 Å². The van der Waals surface area contributed by atoms with Crippen molar-refractivity contribution in [3.05, 3.63) is 97.1 Å². The van der Waals surface area contributed by atoms with Crippen LogP contribution in [0.1, 0.15) is 0 Å². The maximum atomic E-state index is 9.72. The lowest BCUT2D eigenvalue weighted by molar-refractivity contribution is 0.475. The second-order valence-corrected chi connectivity index (χ2v) is 6.97. The van der Waals surface area contributed by atoms with Gasteiger partial charge in [0, 0.05) is 0 Å². The summed E-state index contributed by atoms with van der Waals surface area (Å²) in [4.78, 5) is 0. The predicted molar refractivity (Wildman–Crippen MR) is 116 cm³/mol. The number of benzene rings is 5. The standard InChI is InChI=1S/C26H18O2/c27-20-12-8-17(9-13-20)22-6-3-7-24-25(22)16-19-4-1-2-5-23(19)26(24)18-10-14-21(28)15-11-18/h1-16,27-28H. The van der Waals surface area contributed by atoms with Gasteiger partial charge in [0.05, 0.1) is 0 Å². The third-order valence-electron chi connectivity index (χ3n) is 5.24. The van der Waals surface area contributed by atoms with Crippen molar-refractivity contribution in [2.75, 3.05) is 0 Å². The molecule has 28 heavy (non-hydrogen) atoms. The fraction of sp³-hybridized carbons (Fsp3) is 0. The van der Waals surface area contributed by atoms with Crippen LogP contribution in [0, 0.1) is 0 Å². The summed E-state index contributed by atoms with van der Waals surface area (Å²) in [6, 6.07) is 31.7. The van der Waals surface area contributed by atoms with Crippen LogP contribution in [0.5, 0.6) is 11.5 Å². The number of phenolic OH excluding ortho intramolecular Hbond substituents is 2. The van der Waals surface area contributed by atoms with E-state index in [1.807, 2.05) is 24.3 Å². The minimum Gasteiger partial charge on any atom is -0.508 e. The largest absolute Gasteiger partial charge is 0.508 e. The second-order valence-electron chi connectivity index (χ2n) is 6.97. The van der Waals surface area contributed by atoms with Crippen molar-refractivity contribution in [2.24, 2.45) is 0 Å². The Morgan fingerprint density at radius 2 is 1.07 bits per heavy atom. The van der Waals surface area contributed by atoms with Gasteiger partial charge in [0.2, 0.25) is 0 Å². The van der Waals surface area contributed by atoms with E-state index < -0.39 is 0 Å². The Morgan fingerprint density at radius 3 is 1.79 bits per heavy atom. The van der Waals surface area contributed by atoms with Crippen LogP contribution in [0.2, 0.25) is 0 Å². The van der Waals surface area contributed by atoms with Crippen LogP contribution < -0.4 is 0 Å². The maximum absolute atomic E-state index is 9.72. The van der Waals surface area contributed by atoms with Gasteiger partial charge in [-0.25, -0.2) is 0 Å². The van der Waals surface area contributed by atoms with Gasteiger partial charge in [0.25, 0.3) is 0 Å². The molecule has 0 bridgehead atoms. The first-order chi connectivity index (χ1) is 13.7. The van der Waals surface area contributed by atoms with E-state index in [-0.39, 0.29) is 11.5 Å². The molecule has 0 spiro atoms. The average molecular weight is 362 g/mol. The van der Waals surface area contributed by atoms with Crippen molar-refractivity contribution in [3.8, 4) is 33.8 Å². The molecule has 0 unspecified atom stereocenters. The molecule has 5 aromatic rings. The zero-order valence-electron chi connectivity index (χ0n) is 15.1. The van der Waals surface area contributed by atoms with E-state index in [0.717, 1.165) is 33.0 Å². The molecule has 2 N–H and O–H groups in total. The topological polar surface area (TPSA) is 40.5 Å². The van der Waals surface area contributed by atoms with Crippen molar-refractivity contribution in [3.63, 3.8) is 0 Å². The third kappa shape index (κ3) is 2.67. The van der Waals surface area contributed by atoms with Crippen LogP contribution in [-0.2, 0) is 0 Å². The van der Waals surface area contributed by atoms with Gasteiger partial charge in [0.15, 0.2) is 0 Å². The SMILES string of the molecule is Oc1ccc(-c2cccc3c(-c4ccc(O)cc4)c4ccccc4cc23)cc1. The molecule has 2 nitrogen and oxygen atoms in total. The first-order valence-corrected chi connectivity index (χ1v) is 9.24. The predicted octanol–water partition coefficient (Wildman–Crippen LogP) is 6.74. The van der Waals surface area contributed by atoms with E-state index in [2.05, 4.69) is 48.5 Å². The quantitative estimate of drug-likeness (QED) is 0.341. The molecule has 0 amide bonds. The molecule has 0 aromatic heterocycles. The number of fused-ring (bicyclic) bond motifs is 2. The highest BCUT2D eigenvalue weighted by Gasteiger charge is 2.13. The Hall–Kier alpha value is -3.78. The van der Waals surface area contributed by atoms with Crippen molar-refractivity contribution >= 4 is 21.5 Å². The van der Waals surface area contributed by atoms with Crippen LogP contribution in [-0.4, -0.2) is 10.2 Å². The van der Waals surface area contributed by atoms with E-state index >= 15 is 0 Å². The van der Waals surface area contributed by atoms with Crippen molar-refractivity contribution < 1.29 is 10.2 Å². The van der Waals surface area contributed by atoms with Gasteiger partial charge in [-0.15, -0.1) is 0 Å². The summed E-state index contributed by atoms with van der Waals surface area (Å²) < 4.78 is 0. The second kappa shape index (κ2) is 6.43. The minimum absolute atomic E-state index is 0.262. The molecule has 5 rings (SSSR count). The Bertz CT molecular complexity index is 1300. The molecular weight excluding hydrogens is 344 g/mol. The van der Waals surface area contributed by atoms with Crippen molar-refractivity contribution in [2.45, 2.75) is 0 Å². The summed E-state index contributed by atoms with van der Waals surface area (Å²) in [5.74, 6) is 0.525. The Balaban J connectivity index is 1.90. The van der Waals surface area contributed by atoms with E-state index in [0.29, 0.717) is 0 Å². The van der Waals surface area contributed by atoms with E-state index in [1.165, 1.54) is 10.8 Å². The number of aromatic hydroxyl groups is 2. The van der Waals surface area contributed by atoms with Gasteiger partial charge >= 0.3 is 0 Å². The first-order valence-electron chi connectivity index (χ1n) is 9.24. The number of phenols is 2. The molecule has 0 heterocycles. The van der Waals surface area contributed by atoms with E-state index in [9.17, 15) is 10.2 Å². The van der Waals surface area contributed by atoms with E-state index in [4.69, 9.17) is 0 Å². The van der Waals surface area contributed by atoms with Gasteiger partial charge < -0.3 is 10.2 Å². The monoisotopic (exact) mass is 362 g/mol. The highest BCUT2D eigenvalue weighted by Crippen LogP contribution is 2.40. The fourth-order valence-corrected chi connectivity index (χ4v) is 3.92. The Labute approximate surface area is 162 Å². The molecule has 0 radical (unpaired) electrons. The highest BCUT2D eigenvalue weighted by atomic mass is 16.3. The molecule has 2 heteroatoms. The zero-order chi connectivity index (χ0) is 19.1. The molecule has 0 atom stereocenters. The average Bonchev–Trinajstić information content (AvgIpc) is 2.73. The van der Waals surface area contributed by atoms with Crippen LogP contribution in [0.25, 0.3) is 43.8 Å². The molecule has 0 saturated heterocycles. The highest BCUT2D eigenvalue weighted by molar-refractivity contribution is 6.16. The summed E-state index contributed by atoms with van der Waals surface area (Å²) in [5.41, 5.74) is 4.43. The molecule has 134 valence electrons. The van der Waals surface area contributed by atoms with Crippen LogP contribution in [0.4, 0.5) is 0 Å². The lowest BCUT2D eigenvalue weighted by Crippen LogP contribution is -1.88. The lowest BCUT2D eigenvalue weighted by atomic mass is 9.89. The van der Waals surface area contributed by atoms with Crippen molar-refractivity contribution in [1.82, 2.24) is 0 Å². The van der Waals surface area contributed by atoms with Gasteiger partial charge in [-0.1, -0.05) is 66.7 Å². The van der Waals surface area contributed by atoms with Gasteiger partial charge in [-0.3, -0.25) is 0 Å². The first kappa shape index (κ1) is 16.4. The van der Waals surface area contributed by atoms with Gasteiger partial charge in [-0.05, 0) is 74.1 Å². The van der Waals surface area contributed by atoms with Crippen LogP contribution in [0.15, 0.2) is 97.1 Å². The maximum Gasteiger partial charge on any atom is 0.115 e. The fourth-order valence-electron chi connectivity index (χ4n) is 3.92. The number of rotatable bonds is 2. The molecule has 0 aliphatic carbocycles. The van der Waals surface area contributed by atoms with Gasteiger partial charge in [0.1, 0.15) is 11.5 Å². The molecule has 0 aliphatic rings. The lowest BCUT2D eigenvalue weighted by Gasteiger charge is -2.15. The van der Waals surface area contributed by atoms with Crippen LogP contribution >= 0.6 is 0 Å². The molecular formula is C26H18O2. The molecule has 5 aromatic carbocycles. The Kier molecular flexibility index (Phi) is 3.77. The summed E-state index contributed by atoms with van der Waals surface area (Å²) in [6.45, 7) is 0. The summed E-state index contributed by atoms with van der Waals surface area (Å²) in [5, 5.41) is 24.1. The van der Waals surface area contributed by atoms with E-state index in [1.54, 1.807) is 24.3 Å².